The van der Waals surface area contributed by atoms with Crippen molar-refractivity contribution in [1.29, 1.82) is 0 Å². The van der Waals surface area contributed by atoms with E-state index in [0.717, 1.165) is 23.6 Å². The van der Waals surface area contributed by atoms with Gasteiger partial charge < -0.3 is 5.73 Å². The van der Waals surface area contributed by atoms with Crippen LogP contribution in [-0.2, 0) is 5.41 Å². The van der Waals surface area contributed by atoms with Crippen LogP contribution in [0.5, 0.6) is 0 Å². The summed E-state index contributed by atoms with van der Waals surface area (Å²) < 4.78 is 0. The number of nitrogen functional groups attached to an aromatic ring is 1. The highest BCUT2D eigenvalue weighted by Crippen LogP contribution is 2.59. The molecule has 4 bridgehead atoms. The van der Waals surface area contributed by atoms with E-state index in [1.807, 2.05) is 0 Å². The third-order valence-electron chi connectivity index (χ3n) is 5.23. The summed E-state index contributed by atoms with van der Waals surface area (Å²) in [4.78, 5) is 15.6. The van der Waals surface area contributed by atoms with E-state index >= 15 is 0 Å². The van der Waals surface area contributed by atoms with Crippen molar-refractivity contribution in [2.24, 2.45) is 17.8 Å². The van der Waals surface area contributed by atoms with Gasteiger partial charge in [-0.2, -0.15) is 5.10 Å². The average molecular weight is 246 g/mol. The Balaban J connectivity index is 1.79. The Bertz CT molecular complexity index is 515. The molecule has 0 atom stereocenters. The molecule has 4 fully saturated rings. The van der Waals surface area contributed by atoms with Crippen LogP contribution in [0, 0.1) is 17.8 Å². The van der Waals surface area contributed by atoms with Crippen molar-refractivity contribution in [3.63, 3.8) is 0 Å². The van der Waals surface area contributed by atoms with E-state index in [-0.39, 0.29) is 16.8 Å². The monoisotopic (exact) mass is 246 g/mol. The SMILES string of the molecule is Nc1nc(C23CC4CC(CC(C4)C2)C3)n[nH]c1=O. The fourth-order valence-corrected chi connectivity index (χ4v) is 4.97. The second-order valence-electron chi connectivity index (χ2n) is 6.57. The highest BCUT2D eigenvalue weighted by atomic mass is 16.1. The lowest BCUT2D eigenvalue weighted by Crippen LogP contribution is -2.49. The first-order chi connectivity index (χ1) is 8.64. The summed E-state index contributed by atoms with van der Waals surface area (Å²) in [6.45, 7) is 0. The van der Waals surface area contributed by atoms with Crippen molar-refractivity contribution in [2.45, 2.75) is 43.9 Å². The molecule has 3 N–H and O–H groups in total. The molecule has 5 nitrogen and oxygen atoms in total. The Morgan fingerprint density at radius 2 is 1.67 bits per heavy atom. The number of nitrogens with zero attached hydrogens (tertiary/aromatic N) is 2. The van der Waals surface area contributed by atoms with E-state index in [4.69, 9.17) is 5.73 Å². The largest absolute Gasteiger partial charge is 0.379 e. The third-order valence-corrected chi connectivity index (χ3v) is 5.23. The predicted octanol–water partition coefficient (Wildman–Crippen LogP) is 1.21. The Hall–Kier alpha value is -1.39. The van der Waals surface area contributed by atoms with Gasteiger partial charge in [0.25, 0.3) is 0 Å². The number of nitrogens with two attached hydrogens (primary N) is 1. The molecule has 4 aliphatic carbocycles. The van der Waals surface area contributed by atoms with Crippen molar-refractivity contribution in [2.75, 3.05) is 5.73 Å². The van der Waals surface area contributed by atoms with Gasteiger partial charge in [0.1, 0.15) is 0 Å². The van der Waals surface area contributed by atoms with Crippen LogP contribution in [0.4, 0.5) is 5.82 Å². The maximum Gasteiger partial charge on any atom is 0.306 e. The Kier molecular flexibility index (Phi) is 1.95. The molecule has 1 aromatic rings. The van der Waals surface area contributed by atoms with Gasteiger partial charge >= 0.3 is 5.56 Å². The van der Waals surface area contributed by atoms with Gasteiger partial charge in [-0.3, -0.25) is 4.79 Å². The normalized spacial score (nSPS) is 41.2. The Morgan fingerprint density at radius 3 is 2.17 bits per heavy atom. The fourth-order valence-electron chi connectivity index (χ4n) is 4.97. The first kappa shape index (κ1) is 10.5. The van der Waals surface area contributed by atoms with Gasteiger partial charge in [-0.15, -0.1) is 0 Å². The minimum Gasteiger partial charge on any atom is -0.379 e. The van der Waals surface area contributed by atoms with Crippen LogP contribution in [0.2, 0.25) is 0 Å². The summed E-state index contributed by atoms with van der Waals surface area (Å²) in [5.74, 6) is 3.38. The fraction of sp³-hybridized carbons (Fsp3) is 0.769. The van der Waals surface area contributed by atoms with Gasteiger partial charge in [-0.25, -0.2) is 10.1 Å². The van der Waals surface area contributed by atoms with Crippen molar-refractivity contribution in [3.8, 4) is 0 Å². The van der Waals surface area contributed by atoms with E-state index in [0.29, 0.717) is 0 Å². The highest BCUT2D eigenvalue weighted by Gasteiger charge is 2.53. The molecule has 0 saturated heterocycles. The summed E-state index contributed by atoms with van der Waals surface area (Å²) >= 11 is 0. The minimum absolute atomic E-state index is 0.0655. The first-order valence-corrected chi connectivity index (χ1v) is 6.87. The molecule has 0 amide bonds. The molecule has 0 aliphatic heterocycles. The maximum absolute atomic E-state index is 11.3. The molecule has 0 unspecified atom stereocenters. The molecule has 1 heterocycles. The van der Waals surface area contributed by atoms with Gasteiger partial charge in [0.05, 0.1) is 0 Å². The molecule has 5 rings (SSSR count). The summed E-state index contributed by atoms with van der Waals surface area (Å²) in [7, 11) is 0. The minimum atomic E-state index is -0.372. The number of anilines is 1. The molecule has 96 valence electrons. The van der Waals surface area contributed by atoms with Crippen LogP contribution >= 0.6 is 0 Å². The predicted molar refractivity (Wildman–Crippen MR) is 66.9 cm³/mol. The van der Waals surface area contributed by atoms with Crippen LogP contribution in [0.3, 0.4) is 0 Å². The molecular weight excluding hydrogens is 228 g/mol. The smallest absolute Gasteiger partial charge is 0.306 e. The van der Waals surface area contributed by atoms with Crippen molar-refractivity contribution >= 4 is 5.82 Å². The molecule has 18 heavy (non-hydrogen) atoms. The van der Waals surface area contributed by atoms with Crippen LogP contribution in [0.1, 0.15) is 44.3 Å². The number of aromatic amines is 1. The second kappa shape index (κ2) is 3.33. The van der Waals surface area contributed by atoms with Gasteiger partial charge in [0.15, 0.2) is 11.6 Å². The molecule has 5 heteroatoms. The van der Waals surface area contributed by atoms with E-state index in [1.54, 1.807) is 0 Å². The maximum atomic E-state index is 11.3. The molecule has 0 spiro atoms. The molecule has 0 radical (unpaired) electrons. The van der Waals surface area contributed by atoms with E-state index < -0.39 is 0 Å². The Labute approximate surface area is 105 Å². The Morgan fingerprint density at radius 1 is 1.11 bits per heavy atom. The lowest BCUT2D eigenvalue weighted by Gasteiger charge is -2.55. The van der Waals surface area contributed by atoms with Gasteiger partial charge in [-0.05, 0) is 56.3 Å². The number of H-pyrrole nitrogens is 1. The second-order valence-corrected chi connectivity index (χ2v) is 6.57. The van der Waals surface area contributed by atoms with E-state index in [2.05, 4.69) is 15.2 Å². The van der Waals surface area contributed by atoms with Crippen molar-refractivity contribution < 1.29 is 0 Å². The van der Waals surface area contributed by atoms with Crippen molar-refractivity contribution in [3.05, 3.63) is 16.2 Å². The molecule has 4 saturated carbocycles. The van der Waals surface area contributed by atoms with Gasteiger partial charge in [-0.1, -0.05) is 0 Å². The number of hydrogen-bond acceptors (Lipinski definition) is 4. The zero-order chi connectivity index (χ0) is 12.3. The summed E-state index contributed by atoms with van der Waals surface area (Å²) in [5.41, 5.74) is 5.38. The number of aromatic nitrogens is 3. The number of rotatable bonds is 1. The van der Waals surface area contributed by atoms with E-state index in [9.17, 15) is 4.79 Å². The van der Waals surface area contributed by atoms with Crippen molar-refractivity contribution in [1.82, 2.24) is 15.2 Å². The molecule has 1 aromatic heterocycles. The molecule has 0 aromatic carbocycles. The molecular formula is C13H18N4O. The summed E-state index contributed by atoms with van der Waals surface area (Å²) in [6, 6.07) is 0. The van der Waals surface area contributed by atoms with Gasteiger partial charge in [0, 0.05) is 5.41 Å². The van der Waals surface area contributed by atoms with Gasteiger partial charge in [0.2, 0.25) is 0 Å². The summed E-state index contributed by atoms with van der Waals surface area (Å²) in [6.07, 6.45) is 7.72. The zero-order valence-electron chi connectivity index (χ0n) is 10.4. The van der Waals surface area contributed by atoms with E-state index in [1.165, 1.54) is 38.5 Å². The third kappa shape index (κ3) is 1.36. The van der Waals surface area contributed by atoms with Crippen LogP contribution in [-0.4, -0.2) is 15.2 Å². The van der Waals surface area contributed by atoms with Crippen LogP contribution < -0.4 is 11.3 Å². The quantitative estimate of drug-likeness (QED) is 0.780. The van der Waals surface area contributed by atoms with Crippen LogP contribution in [0.15, 0.2) is 4.79 Å². The first-order valence-electron chi connectivity index (χ1n) is 6.87. The zero-order valence-corrected chi connectivity index (χ0v) is 10.4. The topological polar surface area (TPSA) is 84.7 Å². The van der Waals surface area contributed by atoms with Crippen LogP contribution in [0.25, 0.3) is 0 Å². The highest BCUT2D eigenvalue weighted by molar-refractivity contribution is 5.26. The lowest BCUT2D eigenvalue weighted by molar-refractivity contribution is -0.00982. The summed E-state index contributed by atoms with van der Waals surface area (Å²) in [5, 5.41) is 6.70. The molecule has 4 aliphatic rings. The lowest BCUT2D eigenvalue weighted by atomic mass is 9.49. The standard InChI is InChI=1S/C13H18N4O/c14-10-11(18)16-17-12(15-10)13-4-7-1-8(5-13)3-9(2-7)6-13/h7-9H,1-6H2,(H,16,18)(H2,14,15,17). The average Bonchev–Trinajstić information content (AvgIpc) is 2.31. The number of hydrogen-bond donors (Lipinski definition) is 2. The number of nitrogens with one attached hydrogen (secondary N) is 1.